The van der Waals surface area contributed by atoms with Crippen LogP contribution >= 0.6 is 0 Å². The van der Waals surface area contributed by atoms with Gasteiger partial charge in [0.2, 0.25) is 0 Å². The third kappa shape index (κ3) is 4.35. The molecule has 1 aliphatic heterocycles. The number of Topliss-reactive ketones (excluding diaryl/α,β-unsaturated/α-hetero) is 1. The van der Waals surface area contributed by atoms with Gasteiger partial charge in [-0.05, 0) is 86.1 Å². The first-order valence-corrected chi connectivity index (χ1v) is 11.8. The van der Waals surface area contributed by atoms with Gasteiger partial charge >= 0.3 is 0 Å². The number of benzene rings is 3. The molecule has 3 nitrogen and oxygen atoms in total. The van der Waals surface area contributed by atoms with Gasteiger partial charge in [-0.25, -0.2) is 0 Å². The maximum atomic E-state index is 13.5. The van der Waals surface area contributed by atoms with Crippen molar-refractivity contribution in [2.45, 2.75) is 38.5 Å². The van der Waals surface area contributed by atoms with E-state index in [1.54, 1.807) is 0 Å². The van der Waals surface area contributed by atoms with Crippen molar-refractivity contribution in [3.63, 3.8) is 0 Å². The fraction of sp³-hybridized carbons (Fsp3) is 0.345. The zero-order valence-corrected chi connectivity index (χ0v) is 18.8. The Morgan fingerprint density at radius 3 is 2.31 bits per heavy atom. The van der Waals surface area contributed by atoms with Crippen molar-refractivity contribution in [2.75, 3.05) is 19.6 Å². The molecule has 5 rings (SSSR count). The summed E-state index contributed by atoms with van der Waals surface area (Å²) in [6.45, 7) is 5.16. The summed E-state index contributed by atoms with van der Waals surface area (Å²) in [4.78, 5) is 16.0. The summed E-state index contributed by atoms with van der Waals surface area (Å²) < 4.78 is 5.98. The van der Waals surface area contributed by atoms with Gasteiger partial charge in [0.25, 0.3) is 0 Å². The zero-order valence-electron chi connectivity index (χ0n) is 18.8. The molecule has 0 amide bonds. The molecule has 0 aromatic heterocycles. The highest BCUT2D eigenvalue weighted by molar-refractivity contribution is 6.02. The molecule has 0 saturated carbocycles. The van der Waals surface area contributed by atoms with Crippen LogP contribution in [-0.4, -0.2) is 30.3 Å². The summed E-state index contributed by atoms with van der Waals surface area (Å²) in [5.74, 6) is 2.55. The average Bonchev–Trinajstić information content (AvgIpc) is 2.84. The SMILES string of the molecule is CC1(CN2CCC(c3ccccc3)CC2)CCc2cc(Oc3ccccc3)ccc2C1=O. The van der Waals surface area contributed by atoms with Crippen LogP contribution in [0, 0.1) is 5.41 Å². The van der Waals surface area contributed by atoms with Gasteiger partial charge in [-0.1, -0.05) is 55.5 Å². The Morgan fingerprint density at radius 1 is 0.906 bits per heavy atom. The number of aryl methyl sites for hydroxylation is 1. The molecule has 1 atom stereocenters. The molecule has 0 bridgehead atoms. The Balaban J connectivity index is 1.24. The van der Waals surface area contributed by atoms with Crippen LogP contribution in [0.5, 0.6) is 11.5 Å². The number of fused-ring (bicyclic) bond motifs is 1. The number of rotatable bonds is 5. The van der Waals surface area contributed by atoms with E-state index in [1.807, 2.05) is 48.5 Å². The Labute approximate surface area is 191 Å². The first-order valence-electron chi connectivity index (χ1n) is 11.8. The molecular formula is C29H31NO2. The first kappa shape index (κ1) is 21.0. The van der Waals surface area contributed by atoms with Crippen LogP contribution < -0.4 is 4.74 Å². The fourth-order valence-corrected chi connectivity index (χ4v) is 5.33. The summed E-state index contributed by atoms with van der Waals surface area (Å²) in [6, 6.07) is 26.6. The molecule has 1 fully saturated rings. The molecule has 164 valence electrons. The molecule has 1 heterocycles. The third-order valence-electron chi connectivity index (χ3n) is 7.23. The van der Waals surface area contributed by atoms with Gasteiger partial charge in [0.15, 0.2) is 5.78 Å². The summed E-state index contributed by atoms with van der Waals surface area (Å²) in [5, 5.41) is 0. The predicted octanol–water partition coefficient (Wildman–Crippen LogP) is 6.49. The van der Waals surface area contributed by atoms with E-state index in [0.717, 1.165) is 55.1 Å². The van der Waals surface area contributed by atoms with Crippen molar-refractivity contribution >= 4 is 5.78 Å². The summed E-state index contributed by atoms with van der Waals surface area (Å²) in [7, 11) is 0. The number of para-hydroxylation sites is 1. The highest BCUT2D eigenvalue weighted by Crippen LogP contribution is 2.39. The minimum absolute atomic E-state index is 0.287. The maximum Gasteiger partial charge on any atom is 0.170 e. The van der Waals surface area contributed by atoms with E-state index in [1.165, 1.54) is 18.4 Å². The predicted molar refractivity (Wildman–Crippen MR) is 129 cm³/mol. The lowest BCUT2D eigenvalue weighted by atomic mass is 9.71. The second kappa shape index (κ2) is 8.91. The Morgan fingerprint density at radius 2 is 1.59 bits per heavy atom. The lowest BCUT2D eigenvalue weighted by molar-refractivity contribution is 0.0658. The largest absolute Gasteiger partial charge is 0.457 e. The van der Waals surface area contributed by atoms with Crippen molar-refractivity contribution in [1.29, 1.82) is 0 Å². The van der Waals surface area contributed by atoms with Crippen LogP contribution in [0.1, 0.15) is 53.6 Å². The quantitative estimate of drug-likeness (QED) is 0.468. The monoisotopic (exact) mass is 425 g/mol. The minimum Gasteiger partial charge on any atom is -0.457 e. The zero-order chi connectivity index (χ0) is 22.0. The smallest absolute Gasteiger partial charge is 0.170 e. The molecule has 3 aromatic rings. The van der Waals surface area contributed by atoms with E-state index in [9.17, 15) is 4.79 Å². The van der Waals surface area contributed by atoms with E-state index >= 15 is 0 Å². The van der Waals surface area contributed by atoms with Crippen molar-refractivity contribution < 1.29 is 9.53 Å². The highest BCUT2D eigenvalue weighted by Gasteiger charge is 2.40. The van der Waals surface area contributed by atoms with Crippen LogP contribution in [0.4, 0.5) is 0 Å². The normalized spacial score (nSPS) is 21.8. The number of hydrogen-bond donors (Lipinski definition) is 0. The van der Waals surface area contributed by atoms with Gasteiger partial charge in [-0.2, -0.15) is 0 Å². The number of ether oxygens (including phenoxy) is 1. The van der Waals surface area contributed by atoms with Gasteiger partial charge < -0.3 is 9.64 Å². The second-order valence-electron chi connectivity index (χ2n) is 9.58. The number of hydrogen-bond acceptors (Lipinski definition) is 3. The summed E-state index contributed by atoms with van der Waals surface area (Å²) >= 11 is 0. The molecule has 32 heavy (non-hydrogen) atoms. The fourth-order valence-electron chi connectivity index (χ4n) is 5.33. The average molecular weight is 426 g/mol. The van der Waals surface area contributed by atoms with Crippen LogP contribution in [-0.2, 0) is 6.42 Å². The molecular weight excluding hydrogens is 394 g/mol. The molecule has 0 radical (unpaired) electrons. The lowest BCUT2D eigenvalue weighted by Gasteiger charge is -2.40. The molecule has 3 heteroatoms. The van der Waals surface area contributed by atoms with Crippen LogP contribution in [0.3, 0.4) is 0 Å². The van der Waals surface area contributed by atoms with Gasteiger partial charge in [-0.15, -0.1) is 0 Å². The molecule has 0 spiro atoms. The van der Waals surface area contributed by atoms with E-state index in [-0.39, 0.29) is 11.2 Å². The number of nitrogens with zero attached hydrogens (tertiary/aromatic N) is 1. The van der Waals surface area contributed by atoms with Crippen molar-refractivity contribution in [1.82, 2.24) is 4.90 Å². The molecule has 1 aliphatic carbocycles. The molecule has 1 unspecified atom stereocenters. The van der Waals surface area contributed by atoms with Gasteiger partial charge in [0.1, 0.15) is 11.5 Å². The second-order valence-corrected chi connectivity index (χ2v) is 9.58. The third-order valence-corrected chi connectivity index (χ3v) is 7.23. The number of carbonyl (C=O) groups excluding carboxylic acids is 1. The van der Waals surface area contributed by atoms with Crippen molar-refractivity contribution in [3.05, 3.63) is 95.6 Å². The number of carbonyl (C=O) groups is 1. The van der Waals surface area contributed by atoms with Gasteiger partial charge in [0, 0.05) is 17.5 Å². The maximum absolute atomic E-state index is 13.5. The molecule has 1 saturated heterocycles. The standard InChI is InChI=1S/C29H31NO2/c1-29(21-30-18-15-23(16-19-30)22-8-4-2-5-9-22)17-14-24-20-26(12-13-27(24)28(29)31)32-25-10-6-3-7-11-25/h2-13,20,23H,14-19,21H2,1H3. The Bertz CT molecular complexity index is 1070. The lowest BCUT2D eigenvalue weighted by Crippen LogP contribution is -2.46. The molecule has 0 N–H and O–H groups in total. The Kier molecular flexibility index (Phi) is 5.84. The molecule has 3 aromatic carbocycles. The van der Waals surface area contributed by atoms with E-state index in [2.05, 4.69) is 42.2 Å². The van der Waals surface area contributed by atoms with Crippen molar-refractivity contribution in [2.24, 2.45) is 5.41 Å². The van der Waals surface area contributed by atoms with Crippen LogP contribution in [0.2, 0.25) is 0 Å². The molecule has 2 aliphatic rings. The van der Waals surface area contributed by atoms with E-state index < -0.39 is 0 Å². The number of ketones is 1. The Hall–Kier alpha value is -2.91. The number of likely N-dealkylation sites (tertiary alicyclic amines) is 1. The first-order chi connectivity index (χ1) is 15.6. The van der Waals surface area contributed by atoms with E-state index in [4.69, 9.17) is 4.74 Å². The van der Waals surface area contributed by atoms with Crippen LogP contribution in [0.15, 0.2) is 78.9 Å². The van der Waals surface area contributed by atoms with E-state index in [0.29, 0.717) is 5.92 Å². The summed E-state index contributed by atoms with van der Waals surface area (Å²) in [5.41, 5.74) is 3.13. The van der Waals surface area contributed by atoms with Gasteiger partial charge in [0.05, 0.1) is 0 Å². The van der Waals surface area contributed by atoms with Crippen LogP contribution in [0.25, 0.3) is 0 Å². The summed E-state index contributed by atoms with van der Waals surface area (Å²) in [6.07, 6.45) is 4.16. The number of piperidine rings is 1. The van der Waals surface area contributed by atoms with Gasteiger partial charge in [-0.3, -0.25) is 4.79 Å². The van der Waals surface area contributed by atoms with Crippen molar-refractivity contribution in [3.8, 4) is 11.5 Å². The highest BCUT2D eigenvalue weighted by atomic mass is 16.5. The topological polar surface area (TPSA) is 29.5 Å². The minimum atomic E-state index is -0.311.